The van der Waals surface area contributed by atoms with Crippen molar-refractivity contribution in [1.29, 1.82) is 0 Å². The third-order valence-electron chi connectivity index (χ3n) is 3.64. The first-order chi connectivity index (χ1) is 10.1. The molecule has 4 nitrogen and oxygen atoms in total. The average molecular weight is 283 g/mol. The van der Waals surface area contributed by atoms with Gasteiger partial charge < -0.3 is 16.3 Å². The Morgan fingerprint density at radius 1 is 1.24 bits per heavy atom. The van der Waals surface area contributed by atoms with Crippen LogP contribution in [0.2, 0.25) is 0 Å². The Hall–Kier alpha value is -2.33. The molecule has 2 aromatic rings. The summed E-state index contributed by atoms with van der Waals surface area (Å²) in [5.74, 6) is 0.135. The first-order valence-electron chi connectivity index (χ1n) is 6.97. The fourth-order valence-corrected chi connectivity index (χ4v) is 2.23. The summed E-state index contributed by atoms with van der Waals surface area (Å²) in [6.45, 7) is 4.95. The van der Waals surface area contributed by atoms with Gasteiger partial charge in [-0.15, -0.1) is 0 Å². The lowest BCUT2D eigenvalue weighted by atomic mass is 10.0. The molecule has 0 aromatic heterocycles. The summed E-state index contributed by atoms with van der Waals surface area (Å²) in [6.07, 6.45) is 0. The van der Waals surface area contributed by atoms with E-state index in [1.54, 1.807) is 0 Å². The van der Waals surface area contributed by atoms with Crippen LogP contribution in [0.5, 0.6) is 0 Å². The molecule has 0 saturated heterocycles. The van der Waals surface area contributed by atoms with Crippen LogP contribution in [-0.4, -0.2) is 11.0 Å². The van der Waals surface area contributed by atoms with Crippen LogP contribution in [-0.2, 0) is 6.54 Å². The lowest BCUT2D eigenvalue weighted by Crippen LogP contribution is -2.19. The van der Waals surface area contributed by atoms with Crippen molar-refractivity contribution >= 4 is 5.84 Å². The zero-order valence-corrected chi connectivity index (χ0v) is 12.4. The Morgan fingerprint density at radius 2 is 1.95 bits per heavy atom. The maximum absolute atomic E-state index is 8.70. The molecule has 4 heteroatoms. The molecule has 0 fully saturated rings. The molecule has 4 N–H and O–H groups in total. The highest BCUT2D eigenvalue weighted by atomic mass is 16.4. The van der Waals surface area contributed by atoms with Gasteiger partial charge in [-0.25, -0.2) is 0 Å². The zero-order chi connectivity index (χ0) is 15.2. The van der Waals surface area contributed by atoms with Gasteiger partial charge in [0.1, 0.15) is 0 Å². The van der Waals surface area contributed by atoms with E-state index in [9.17, 15) is 0 Å². The van der Waals surface area contributed by atoms with Crippen molar-refractivity contribution in [2.24, 2.45) is 10.9 Å². The van der Waals surface area contributed by atoms with Crippen molar-refractivity contribution in [1.82, 2.24) is 5.32 Å². The molecular weight excluding hydrogens is 262 g/mol. The minimum absolute atomic E-state index is 0.135. The summed E-state index contributed by atoms with van der Waals surface area (Å²) in [6, 6.07) is 16.4. The number of hydrogen-bond donors (Lipinski definition) is 3. The zero-order valence-electron chi connectivity index (χ0n) is 12.4. The molecular formula is C17H21N3O. The quantitative estimate of drug-likeness (QED) is 0.342. The Bertz CT molecular complexity index is 623. The number of rotatable bonds is 5. The summed E-state index contributed by atoms with van der Waals surface area (Å²) in [4.78, 5) is 0. The molecule has 0 amide bonds. The van der Waals surface area contributed by atoms with Gasteiger partial charge in [-0.1, -0.05) is 47.6 Å². The number of nitrogens with one attached hydrogen (secondary N) is 1. The lowest BCUT2D eigenvalue weighted by molar-refractivity contribution is 0.318. The summed E-state index contributed by atoms with van der Waals surface area (Å²) in [5, 5.41) is 15.2. The molecule has 0 bridgehead atoms. The van der Waals surface area contributed by atoms with Crippen LogP contribution in [0, 0.1) is 6.92 Å². The molecule has 0 spiro atoms. The van der Waals surface area contributed by atoms with Gasteiger partial charge in [0.05, 0.1) is 0 Å². The second-order valence-corrected chi connectivity index (χ2v) is 5.14. The van der Waals surface area contributed by atoms with Crippen molar-refractivity contribution in [3.63, 3.8) is 0 Å². The number of aryl methyl sites for hydroxylation is 1. The number of nitrogens with two attached hydrogens (primary N) is 1. The average Bonchev–Trinajstić information content (AvgIpc) is 2.53. The van der Waals surface area contributed by atoms with Crippen molar-refractivity contribution in [3.8, 4) is 0 Å². The molecule has 0 saturated carbocycles. The Morgan fingerprint density at radius 3 is 2.57 bits per heavy atom. The standard InChI is InChI=1S/C17H21N3O/c1-12-10-15(17(18)20-21)8-9-16(12)11-19-13(2)14-6-4-3-5-7-14/h3-10,13,19,21H,11H2,1-2H3,(H2,18,20). The highest BCUT2D eigenvalue weighted by Crippen LogP contribution is 2.15. The molecule has 0 radical (unpaired) electrons. The number of nitrogens with zero attached hydrogens (tertiary/aromatic N) is 1. The van der Waals surface area contributed by atoms with Crippen LogP contribution >= 0.6 is 0 Å². The number of hydrogen-bond acceptors (Lipinski definition) is 3. The monoisotopic (exact) mass is 283 g/mol. The SMILES string of the molecule is Cc1cc(/C(N)=N/O)ccc1CNC(C)c1ccccc1. The van der Waals surface area contributed by atoms with Crippen LogP contribution in [0.1, 0.15) is 35.2 Å². The molecule has 0 aliphatic heterocycles. The van der Waals surface area contributed by atoms with Crippen LogP contribution in [0.15, 0.2) is 53.7 Å². The van der Waals surface area contributed by atoms with Crippen molar-refractivity contribution in [3.05, 3.63) is 70.8 Å². The number of oxime groups is 1. The molecule has 0 aliphatic rings. The van der Waals surface area contributed by atoms with Crippen molar-refractivity contribution < 1.29 is 5.21 Å². The highest BCUT2D eigenvalue weighted by molar-refractivity contribution is 5.97. The van der Waals surface area contributed by atoms with Crippen molar-refractivity contribution in [2.45, 2.75) is 26.4 Å². The van der Waals surface area contributed by atoms with Gasteiger partial charge in [0, 0.05) is 18.2 Å². The van der Waals surface area contributed by atoms with E-state index in [2.05, 4.69) is 29.5 Å². The lowest BCUT2D eigenvalue weighted by Gasteiger charge is -2.15. The van der Waals surface area contributed by atoms with Gasteiger partial charge >= 0.3 is 0 Å². The summed E-state index contributed by atoms with van der Waals surface area (Å²) < 4.78 is 0. The van der Waals surface area contributed by atoms with Gasteiger partial charge in [-0.2, -0.15) is 0 Å². The van der Waals surface area contributed by atoms with Crippen LogP contribution in [0.4, 0.5) is 0 Å². The minimum atomic E-state index is 0.135. The van der Waals surface area contributed by atoms with Crippen molar-refractivity contribution in [2.75, 3.05) is 0 Å². The second-order valence-electron chi connectivity index (χ2n) is 5.14. The molecule has 0 heterocycles. The smallest absolute Gasteiger partial charge is 0.170 e. The van der Waals surface area contributed by atoms with E-state index < -0.39 is 0 Å². The first kappa shape index (κ1) is 15.1. The Kier molecular flexibility index (Phi) is 4.95. The van der Waals surface area contributed by atoms with E-state index in [0.717, 1.165) is 17.7 Å². The fraction of sp³-hybridized carbons (Fsp3) is 0.235. The van der Waals surface area contributed by atoms with Gasteiger partial charge in [-0.3, -0.25) is 0 Å². The molecule has 110 valence electrons. The summed E-state index contributed by atoms with van der Waals surface area (Å²) in [5.41, 5.74) is 9.91. The number of benzene rings is 2. The maximum Gasteiger partial charge on any atom is 0.170 e. The fourth-order valence-electron chi connectivity index (χ4n) is 2.23. The molecule has 1 unspecified atom stereocenters. The summed E-state index contributed by atoms with van der Waals surface area (Å²) in [7, 11) is 0. The Balaban J connectivity index is 2.04. The second kappa shape index (κ2) is 6.90. The van der Waals surface area contributed by atoms with Gasteiger partial charge in [0.2, 0.25) is 0 Å². The summed E-state index contributed by atoms with van der Waals surface area (Å²) >= 11 is 0. The van der Waals surface area contributed by atoms with E-state index in [1.165, 1.54) is 11.1 Å². The van der Waals surface area contributed by atoms with E-state index in [0.29, 0.717) is 0 Å². The molecule has 1 atom stereocenters. The molecule has 21 heavy (non-hydrogen) atoms. The third kappa shape index (κ3) is 3.83. The maximum atomic E-state index is 8.70. The van der Waals surface area contributed by atoms with Crippen LogP contribution < -0.4 is 11.1 Å². The molecule has 2 aromatic carbocycles. The van der Waals surface area contributed by atoms with E-state index in [4.69, 9.17) is 10.9 Å². The predicted octanol–water partition coefficient (Wildman–Crippen LogP) is 2.94. The predicted molar refractivity (Wildman–Crippen MR) is 85.4 cm³/mol. The molecule has 2 rings (SSSR count). The van der Waals surface area contributed by atoms with E-state index >= 15 is 0 Å². The number of amidine groups is 1. The first-order valence-corrected chi connectivity index (χ1v) is 6.97. The van der Waals surface area contributed by atoms with E-state index in [-0.39, 0.29) is 11.9 Å². The topological polar surface area (TPSA) is 70.6 Å². The molecule has 0 aliphatic carbocycles. The normalized spacial score (nSPS) is 13.1. The highest BCUT2D eigenvalue weighted by Gasteiger charge is 2.07. The Labute approximate surface area is 125 Å². The van der Waals surface area contributed by atoms with E-state index in [1.807, 2.05) is 43.3 Å². The third-order valence-corrected chi connectivity index (χ3v) is 3.64. The largest absolute Gasteiger partial charge is 0.409 e. The van der Waals surface area contributed by atoms with Gasteiger partial charge in [0.15, 0.2) is 5.84 Å². The van der Waals surface area contributed by atoms with Crippen LogP contribution in [0.3, 0.4) is 0 Å². The van der Waals surface area contributed by atoms with Crippen LogP contribution in [0.25, 0.3) is 0 Å². The van der Waals surface area contributed by atoms with Gasteiger partial charge in [-0.05, 0) is 36.6 Å². The minimum Gasteiger partial charge on any atom is -0.409 e. The van der Waals surface area contributed by atoms with Gasteiger partial charge in [0.25, 0.3) is 0 Å².